The average molecular weight is 218 g/mol. The zero-order valence-corrected chi connectivity index (χ0v) is 9.33. The average Bonchev–Trinajstić information content (AvgIpc) is 2.81. The third-order valence-electron chi connectivity index (χ3n) is 2.46. The molecule has 0 radical (unpaired) electrons. The smallest absolute Gasteiger partial charge is 0.216 e. The van der Waals surface area contributed by atoms with Crippen LogP contribution in [-0.4, -0.2) is 25.3 Å². The third kappa shape index (κ3) is 3.40. The van der Waals surface area contributed by atoms with Crippen molar-refractivity contribution < 1.29 is 8.42 Å². The molecule has 0 aromatic heterocycles. The van der Waals surface area contributed by atoms with Crippen LogP contribution in [0.3, 0.4) is 0 Å². The van der Waals surface area contributed by atoms with Crippen LogP contribution in [0.15, 0.2) is 12.7 Å². The molecule has 1 saturated carbocycles. The minimum absolute atomic E-state index is 0.0805. The summed E-state index contributed by atoms with van der Waals surface area (Å²) < 4.78 is 23.9. The topological polar surface area (TPSA) is 63.4 Å². The van der Waals surface area contributed by atoms with E-state index in [4.69, 9.17) is 5.14 Å². The van der Waals surface area contributed by atoms with Gasteiger partial charge in [-0.05, 0) is 32.1 Å². The van der Waals surface area contributed by atoms with Gasteiger partial charge < -0.3 is 0 Å². The van der Waals surface area contributed by atoms with Gasteiger partial charge in [0.05, 0.1) is 0 Å². The molecule has 0 aliphatic heterocycles. The molecule has 0 heterocycles. The van der Waals surface area contributed by atoms with Crippen LogP contribution in [0.5, 0.6) is 0 Å². The number of hydrogen-bond donors (Lipinski definition) is 1. The zero-order valence-electron chi connectivity index (χ0n) is 8.52. The van der Waals surface area contributed by atoms with E-state index in [1.165, 1.54) is 4.31 Å². The largest absolute Gasteiger partial charge is 0.277 e. The van der Waals surface area contributed by atoms with Gasteiger partial charge in [-0.1, -0.05) is 6.08 Å². The molecule has 14 heavy (non-hydrogen) atoms. The number of nitrogens with zero attached hydrogens (tertiary/aromatic N) is 1. The summed E-state index contributed by atoms with van der Waals surface area (Å²) in [5.41, 5.74) is 0. The molecule has 2 N–H and O–H groups in total. The van der Waals surface area contributed by atoms with Gasteiger partial charge in [0.15, 0.2) is 0 Å². The molecule has 5 heteroatoms. The molecule has 0 unspecified atom stereocenters. The van der Waals surface area contributed by atoms with E-state index in [1.54, 1.807) is 6.08 Å². The first kappa shape index (κ1) is 11.7. The molecule has 1 atom stereocenters. The Kier molecular flexibility index (Phi) is 3.69. The van der Waals surface area contributed by atoms with Gasteiger partial charge in [-0.15, -0.1) is 6.58 Å². The van der Waals surface area contributed by atoms with E-state index in [0.717, 1.165) is 12.8 Å². The van der Waals surface area contributed by atoms with Crippen molar-refractivity contribution in [3.63, 3.8) is 0 Å². The first-order valence-corrected chi connectivity index (χ1v) is 6.36. The second kappa shape index (κ2) is 4.42. The van der Waals surface area contributed by atoms with Crippen molar-refractivity contribution in [1.29, 1.82) is 0 Å². The van der Waals surface area contributed by atoms with E-state index in [2.05, 4.69) is 6.58 Å². The molecule has 0 spiro atoms. The molecular weight excluding hydrogens is 200 g/mol. The Bertz CT molecular complexity index is 296. The van der Waals surface area contributed by atoms with E-state index in [-0.39, 0.29) is 6.04 Å². The highest BCUT2D eigenvalue weighted by molar-refractivity contribution is 7.86. The van der Waals surface area contributed by atoms with Crippen molar-refractivity contribution in [1.82, 2.24) is 4.31 Å². The highest BCUT2D eigenvalue weighted by Gasteiger charge is 2.31. The van der Waals surface area contributed by atoms with Crippen LogP contribution in [0.2, 0.25) is 0 Å². The fourth-order valence-corrected chi connectivity index (χ4v) is 2.45. The van der Waals surface area contributed by atoms with Crippen molar-refractivity contribution in [3.05, 3.63) is 12.7 Å². The van der Waals surface area contributed by atoms with Crippen molar-refractivity contribution >= 4 is 10.2 Å². The van der Waals surface area contributed by atoms with E-state index < -0.39 is 10.2 Å². The van der Waals surface area contributed by atoms with Crippen molar-refractivity contribution in [3.8, 4) is 0 Å². The molecular formula is C9H18N2O2S. The standard InChI is InChI=1S/C9H18N2O2S/c1-3-4-8(2)11(14(10,12)13)7-9-5-6-9/h3,8-9H,1,4-7H2,2H3,(H2,10,12,13)/t8-/m0/s1. The molecule has 0 aromatic rings. The summed E-state index contributed by atoms with van der Waals surface area (Å²) in [4.78, 5) is 0. The SMILES string of the molecule is C=CC[C@H](C)N(CC1CC1)S(N)(=O)=O. The van der Waals surface area contributed by atoms with E-state index in [9.17, 15) is 8.42 Å². The summed E-state index contributed by atoms with van der Waals surface area (Å²) in [7, 11) is -3.56. The summed E-state index contributed by atoms with van der Waals surface area (Å²) in [5.74, 6) is 0.514. The predicted molar refractivity (Wildman–Crippen MR) is 56.8 cm³/mol. The second-order valence-corrected chi connectivity index (χ2v) is 5.43. The van der Waals surface area contributed by atoms with Crippen LogP contribution in [0, 0.1) is 5.92 Å². The Labute approximate surface area is 86.0 Å². The third-order valence-corrected chi connectivity index (χ3v) is 3.62. The number of hydrogen-bond acceptors (Lipinski definition) is 2. The minimum Gasteiger partial charge on any atom is -0.216 e. The molecule has 4 nitrogen and oxygen atoms in total. The van der Waals surface area contributed by atoms with Gasteiger partial charge in [0.2, 0.25) is 0 Å². The lowest BCUT2D eigenvalue weighted by Gasteiger charge is -2.25. The molecule has 0 saturated heterocycles. The van der Waals surface area contributed by atoms with Gasteiger partial charge in [-0.3, -0.25) is 0 Å². The first-order chi connectivity index (χ1) is 6.45. The first-order valence-electron chi connectivity index (χ1n) is 4.85. The Balaban J connectivity index is 2.64. The lowest BCUT2D eigenvalue weighted by Crippen LogP contribution is -2.43. The molecule has 0 amide bonds. The summed E-state index contributed by atoms with van der Waals surface area (Å²) in [6.07, 6.45) is 4.60. The summed E-state index contributed by atoms with van der Waals surface area (Å²) >= 11 is 0. The number of rotatable bonds is 6. The van der Waals surface area contributed by atoms with Crippen LogP contribution in [0.25, 0.3) is 0 Å². The molecule has 1 aliphatic carbocycles. The van der Waals surface area contributed by atoms with Gasteiger partial charge in [0.25, 0.3) is 10.2 Å². The van der Waals surface area contributed by atoms with Crippen molar-refractivity contribution in [2.75, 3.05) is 6.54 Å². The van der Waals surface area contributed by atoms with E-state index >= 15 is 0 Å². The summed E-state index contributed by atoms with van der Waals surface area (Å²) in [5, 5.41) is 5.15. The molecule has 0 aromatic carbocycles. The Morgan fingerprint density at radius 2 is 2.21 bits per heavy atom. The van der Waals surface area contributed by atoms with Gasteiger partial charge >= 0.3 is 0 Å². The fourth-order valence-electron chi connectivity index (χ4n) is 1.45. The van der Waals surface area contributed by atoms with Crippen LogP contribution in [-0.2, 0) is 10.2 Å². The maximum Gasteiger partial charge on any atom is 0.277 e. The highest BCUT2D eigenvalue weighted by Crippen LogP contribution is 2.31. The van der Waals surface area contributed by atoms with Crippen LogP contribution in [0.4, 0.5) is 0 Å². The van der Waals surface area contributed by atoms with E-state index in [0.29, 0.717) is 18.9 Å². The van der Waals surface area contributed by atoms with E-state index in [1.807, 2.05) is 6.92 Å². The molecule has 1 fully saturated rings. The molecule has 1 rings (SSSR count). The van der Waals surface area contributed by atoms with Crippen LogP contribution >= 0.6 is 0 Å². The fraction of sp³-hybridized carbons (Fsp3) is 0.778. The minimum atomic E-state index is -3.56. The highest BCUT2D eigenvalue weighted by atomic mass is 32.2. The predicted octanol–water partition coefficient (Wildman–Crippen LogP) is 0.867. The number of nitrogens with two attached hydrogens (primary N) is 1. The quantitative estimate of drug-likeness (QED) is 0.672. The molecule has 0 bridgehead atoms. The van der Waals surface area contributed by atoms with Gasteiger partial charge in [0.1, 0.15) is 0 Å². The van der Waals surface area contributed by atoms with Crippen LogP contribution < -0.4 is 5.14 Å². The van der Waals surface area contributed by atoms with Crippen LogP contribution in [0.1, 0.15) is 26.2 Å². The van der Waals surface area contributed by atoms with Gasteiger partial charge in [0, 0.05) is 12.6 Å². The maximum atomic E-state index is 11.3. The Morgan fingerprint density at radius 1 is 1.64 bits per heavy atom. The Hall–Kier alpha value is -0.390. The van der Waals surface area contributed by atoms with Gasteiger partial charge in [-0.25, -0.2) is 5.14 Å². The summed E-state index contributed by atoms with van der Waals surface area (Å²) in [6.45, 7) is 6.02. The van der Waals surface area contributed by atoms with Gasteiger partial charge in [-0.2, -0.15) is 12.7 Å². The second-order valence-electron chi connectivity index (χ2n) is 3.93. The monoisotopic (exact) mass is 218 g/mol. The lowest BCUT2D eigenvalue weighted by atomic mass is 10.2. The lowest BCUT2D eigenvalue weighted by molar-refractivity contribution is 0.326. The zero-order chi connectivity index (χ0) is 10.8. The Morgan fingerprint density at radius 3 is 2.57 bits per heavy atom. The molecule has 82 valence electrons. The summed E-state index contributed by atoms with van der Waals surface area (Å²) in [6, 6.07) is -0.0805. The maximum absolute atomic E-state index is 11.3. The molecule has 1 aliphatic rings. The normalized spacial score (nSPS) is 19.6. The van der Waals surface area contributed by atoms with Crippen molar-refractivity contribution in [2.24, 2.45) is 11.1 Å². The van der Waals surface area contributed by atoms with Crippen molar-refractivity contribution in [2.45, 2.75) is 32.2 Å².